The minimum atomic E-state index is 0.216. The van der Waals surface area contributed by atoms with Gasteiger partial charge in [0.2, 0.25) is 5.91 Å². The highest BCUT2D eigenvalue weighted by Gasteiger charge is 2.25. The molecule has 1 unspecified atom stereocenters. The molecule has 4 nitrogen and oxygen atoms in total. The molecular weight excluding hydrogens is 274 g/mol. The van der Waals surface area contributed by atoms with Crippen LogP contribution in [0.25, 0.3) is 0 Å². The molecule has 1 aliphatic heterocycles. The van der Waals surface area contributed by atoms with Crippen LogP contribution >= 0.6 is 0 Å². The third kappa shape index (κ3) is 3.32. The van der Waals surface area contributed by atoms with Gasteiger partial charge in [-0.2, -0.15) is 0 Å². The third-order valence-corrected chi connectivity index (χ3v) is 4.40. The summed E-state index contributed by atoms with van der Waals surface area (Å²) in [6.45, 7) is 3.68. The smallest absolute Gasteiger partial charge is 0.227 e. The van der Waals surface area contributed by atoms with Crippen molar-refractivity contribution in [3.05, 3.63) is 59.7 Å². The number of hydrogen-bond acceptors (Lipinski definition) is 3. The van der Waals surface area contributed by atoms with Crippen molar-refractivity contribution in [1.29, 1.82) is 0 Å². The van der Waals surface area contributed by atoms with Gasteiger partial charge in [0.1, 0.15) is 6.33 Å². The molecule has 4 heteroatoms. The van der Waals surface area contributed by atoms with Gasteiger partial charge in [-0.25, -0.2) is 9.97 Å². The molecule has 0 saturated carbocycles. The van der Waals surface area contributed by atoms with Crippen LogP contribution in [-0.4, -0.2) is 33.9 Å². The minimum absolute atomic E-state index is 0.216. The first kappa shape index (κ1) is 14.7. The monoisotopic (exact) mass is 295 g/mol. The SMILES string of the molecule is Cc1ccccc1CC(=O)N1CCCC(c2ccncn2)C1. The van der Waals surface area contributed by atoms with Gasteiger partial charge in [-0.1, -0.05) is 24.3 Å². The first-order chi connectivity index (χ1) is 10.7. The van der Waals surface area contributed by atoms with Crippen molar-refractivity contribution in [2.45, 2.75) is 32.1 Å². The van der Waals surface area contributed by atoms with Gasteiger partial charge in [0.25, 0.3) is 0 Å². The summed E-state index contributed by atoms with van der Waals surface area (Å²) in [7, 11) is 0. The number of aryl methyl sites for hydroxylation is 1. The third-order valence-electron chi connectivity index (χ3n) is 4.40. The number of hydrogen-bond donors (Lipinski definition) is 0. The lowest BCUT2D eigenvalue weighted by atomic mass is 9.94. The number of carbonyl (C=O) groups is 1. The second kappa shape index (κ2) is 6.69. The first-order valence-electron chi connectivity index (χ1n) is 7.82. The second-order valence-electron chi connectivity index (χ2n) is 5.92. The number of carbonyl (C=O) groups excluding carboxylic acids is 1. The number of aromatic nitrogens is 2. The van der Waals surface area contributed by atoms with Gasteiger partial charge in [0.05, 0.1) is 6.42 Å². The Balaban J connectivity index is 1.67. The van der Waals surface area contributed by atoms with Crippen LogP contribution < -0.4 is 0 Å². The number of benzene rings is 1. The van der Waals surface area contributed by atoms with E-state index in [0.717, 1.165) is 37.2 Å². The zero-order chi connectivity index (χ0) is 15.4. The highest BCUT2D eigenvalue weighted by molar-refractivity contribution is 5.79. The summed E-state index contributed by atoms with van der Waals surface area (Å²) < 4.78 is 0. The van der Waals surface area contributed by atoms with E-state index in [0.29, 0.717) is 12.3 Å². The fourth-order valence-corrected chi connectivity index (χ4v) is 3.07. The van der Waals surface area contributed by atoms with E-state index < -0.39 is 0 Å². The van der Waals surface area contributed by atoms with Crippen molar-refractivity contribution in [3.63, 3.8) is 0 Å². The lowest BCUT2D eigenvalue weighted by Gasteiger charge is -2.32. The average molecular weight is 295 g/mol. The highest BCUT2D eigenvalue weighted by Crippen LogP contribution is 2.25. The standard InChI is InChI=1S/C18H21N3O/c1-14-5-2-3-6-15(14)11-18(22)21-10-4-7-16(12-21)17-8-9-19-13-20-17/h2-3,5-6,8-9,13,16H,4,7,10-12H2,1H3. The van der Waals surface area contributed by atoms with Gasteiger partial charge in [0, 0.05) is 30.9 Å². The van der Waals surface area contributed by atoms with Crippen LogP contribution in [0.15, 0.2) is 42.9 Å². The normalized spacial score (nSPS) is 18.2. The number of amides is 1. The molecule has 1 saturated heterocycles. The van der Waals surface area contributed by atoms with Crippen LogP contribution in [0.4, 0.5) is 0 Å². The Kier molecular flexibility index (Phi) is 4.47. The van der Waals surface area contributed by atoms with Crippen molar-refractivity contribution >= 4 is 5.91 Å². The second-order valence-corrected chi connectivity index (χ2v) is 5.92. The summed E-state index contributed by atoms with van der Waals surface area (Å²) >= 11 is 0. The largest absolute Gasteiger partial charge is 0.342 e. The molecule has 1 fully saturated rings. The molecule has 1 aromatic heterocycles. The number of likely N-dealkylation sites (tertiary alicyclic amines) is 1. The Morgan fingerprint density at radius 1 is 1.32 bits per heavy atom. The Morgan fingerprint density at radius 3 is 2.95 bits per heavy atom. The quantitative estimate of drug-likeness (QED) is 0.874. The number of nitrogens with zero attached hydrogens (tertiary/aromatic N) is 3. The van der Waals surface area contributed by atoms with Crippen molar-refractivity contribution in [2.75, 3.05) is 13.1 Å². The van der Waals surface area contributed by atoms with Crippen molar-refractivity contribution < 1.29 is 4.79 Å². The van der Waals surface area contributed by atoms with Gasteiger partial charge >= 0.3 is 0 Å². The molecule has 22 heavy (non-hydrogen) atoms. The molecule has 2 heterocycles. The van der Waals surface area contributed by atoms with Crippen LogP contribution in [0.1, 0.15) is 35.6 Å². The van der Waals surface area contributed by atoms with Crippen LogP contribution in [0.5, 0.6) is 0 Å². The fourth-order valence-electron chi connectivity index (χ4n) is 3.07. The van der Waals surface area contributed by atoms with E-state index in [-0.39, 0.29) is 5.91 Å². The van der Waals surface area contributed by atoms with E-state index in [4.69, 9.17) is 0 Å². The van der Waals surface area contributed by atoms with Crippen LogP contribution in [0.2, 0.25) is 0 Å². The summed E-state index contributed by atoms with van der Waals surface area (Å²) in [6.07, 6.45) is 5.97. The summed E-state index contributed by atoms with van der Waals surface area (Å²) in [5.41, 5.74) is 3.35. The maximum Gasteiger partial charge on any atom is 0.227 e. The first-order valence-corrected chi connectivity index (χ1v) is 7.82. The molecule has 1 aliphatic rings. The summed E-state index contributed by atoms with van der Waals surface area (Å²) in [6, 6.07) is 10.1. The summed E-state index contributed by atoms with van der Waals surface area (Å²) in [4.78, 5) is 22.9. The lowest BCUT2D eigenvalue weighted by molar-refractivity contribution is -0.131. The Hall–Kier alpha value is -2.23. The molecule has 1 aromatic carbocycles. The molecule has 3 rings (SSSR count). The Labute approximate surface area is 131 Å². The average Bonchev–Trinajstić information content (AvgIpc) is 2.58. The van der Waals surface area contributed by atoms with Gasteiger partial charge in [-0.15, -0.1) is 0 Å². The predicted octanol–water partition coefficient (Wildman–Crippen LogP) is 2.73. The molecular formula is C18H21N3O. The Morgan fingerprint density at radius 2 is 2.18 bits per heavy atom. The minimum Gasteiger partial charge on any atom is -0.342 e. The maximum absolute atomic E-state index is 12.6. The topological polar surface area (TPSA) is 46.1 Å². The van der Waals surface area contributed by atoms with Crippen molar-refractivity contribution in [3.8, 4) is 0 Å². The Bertz CT molecular complexity index is 642. The van der Waals surface area contributed by atoms with E-state index in [1.54, 1.807) is 12.5 Å². The number of rotatable bonds is 3. The lowest BCUT2D eigenvalue weighted by Crippen LogP contribution is -2.40. The van der Waals surface area contributed by atoms with Gasteiger partial charge in [0.15, 0.2) is 0 Å². The van der Waals surface area contributed by atoms with Crippen molar-refractivity contribution in [1.82, 2.24) is 14.9 Å². The van der Waals surface area contributed by atoms with Crippen LogP contribution in [-0.2, 0) is 11.2 Å². The molecule has 0 spiro atoms. The van der Waals surface area contributed by atoms with E-state index >= 15 is 0 Å². The predicted molar refractivity (Wildman–Crippen MR) is 85.5 cm³/mol. The van der Waals surface area contributed by atoms with Crippen molar-refractivity contribution in [2.24, 2.45) is 0 Å². The van der Waals surface area contributed by atoms with Crippen LogP contribution in [0.3, 0.4) is 0 Å². The zero-order valence-corrected chi connectivity index (χ0v) is 12.9. The molecule has 0 N–H and O–H groups in total. The zero-order valence-electron chi connectivity index (χ0n) is 12.9. The fraction of sp³-hybridized carbons (Fsp3) is 0.389. The summed E-state index contributed by atoms with van der Waals surface area (Å²) in [5, 5.41) is 0. The summed E-state index contributed by atoms with van der Waals surface area (Å²) in [5.74, 6) is 0.547. The molecule has 0 aliphatic carbocycles. The van der Waals surface area contributed by atoms with Gasteiger partial charge in [-0.05, 0) is 37.0 Å². The van der Waals surface area contributed by atoms with E-state index in [2.05, 4.69) is 23.0 Å². The van der Waals surface area contributed by atoms with E-state index in [1.807, 2.05) is 29.2 Å². The maximum atomic E-state index is 12.6. The molecule has 1 atom stereocenters. The van der Waals surface area contributed by atoms with Gasteiger partial charge < -0.3 is 4.90 Å². The van der Waals surface area contributed by atoms with E-state index in [1.165, 1.54) is 5.56 Å². The van der Waals surface area contributed by atoms with E-state index in [9.17, 15) is 4.79 Å². The van der Waals surface area contributed by atoms with Gasteiger partial charge in [-0.3, -0.25) is 4.79 Å². The molecule has 1 amide bonds. The molecule has 2 aromatic rings. The molecule has 114 valence electrons. The van der Waals surface area contributed by atoms with Crippen LogP contribution in [0, 0.1) is 6.92 Å². The number of piperidine rings is 1. The highest BCUT2D eigenvalue weighted by atomic mass is 16.2. The molecule has 0 radical (unpaired) electrons. The molecule has 0 bridgehead atoms.